The second-order valence-corrected chi connectivity index (χ2v) is 5.68. The smallest absolute Gasteiger partial charge is 0.240 e. The molecule has 1 aromatic heterocycles. The number of rotatable bonds is 5. The lowest BCUT2D eigenvalue weighted by atomic mass is 10.0. The van der Waals surface area contributed by atoms with E-state index in [1.165, 1.54) is 0 Å². The molecule has 2 rings (SSSR count). The van der Waals surface area contributed by atoms with E-state index >= 15 is 0 Å². The van der Waals surface area contributed by atoms with Gasteiger partial charge in [0.15, 0.2) is 0 Å². The highest BCUT2D eigenvalue weighted by Crippen LogP contribution is 2.34. The predicted octanol–water partition coefficient (Wildman–Crippen LogP) is 2.12. The van der Waals surface area contributed by atoms with E-state index < -0.39 is 6.04 Å². The lowest BCUT2D eigenvalue weighted by Crippen LogP contribution is -2.48. The Kier molecular flexibility index (Phi) is 4.20. The molecular formula is C15H23N3O. The number of nitrogens with two attached hydrogens (primary N) is 1. The number of hydrogen-bond acceptors (Lipinski definition) is 3. The number of aromatic nitrogens is 1. The van der Waals surface area contributed by atoms with Crippen LogP contribution >= 0.6 is 0 Å². The molecule has 104 valence electrons. The fourth-order valence-electron chi connectivity index (χ4n) is 2.26. The molecule has 0 aliphatic heterocycles. The largest absolute Gasteiger partial charge is 0.330 e. The molecule has 1 unspecified atom stereocenters. The van der Waals surface area contributed by atoms with Gasteiger partial charge in [0.1, 0.15) is 0 Å². The number of carbonyl (C=O) groups is 1. The Bertz CT molecular complexity index is 428. The summed E-state index contributed by atoms with van der Waals surface area (Å²) in [5.41, 5.74) is 6.96. The zero-order valence-corrected chi connectivity index (χ0v) is 11.9. The van der Waals surface area contributed by atoms with Crippen LogP contribution in [0.15, 0.2) is 24.4 Å². The minimum absolute atomic E-state index is 0.00833. The Morgan fingerprint density at radius 1 is 1.37 bits per heavy atom. The molecular weight excluding hydrogens is 238 g/mol. The molecule has 1 amide bonds. The van der Waals surface area contributed by atoms with E-state index in [2.05, 4.69) is 4.98 Å². The lowest BCUT2D eigenvalue weighted by molar-refractivity contribution is -0.136. The van der Waals surface area contributed by atoms with Gasteiger partial charge in [-0.1, -0.05) is 19.9 Å². The minimum Gasteiger partial charge on any atom is -0.330 e. The second-order valence-electron chi connectivity index (χ2n) is 5.68. The Labute approximate surface area is 115 Å². The highest BCUT2D eigenvalue weighted by molar-refractivity contribution is 5.83. The van der Waals surface area contributed by atoms with Crippen molar-refractivity contribution in [3.05, 3.63) is 30.1 Å². The van der Waals surface area contributed by atoms with Gasteiger partial charge < -0.3 is 10.6 Å². The summed E-state index contributed by atoms with van der Waals surface area (Å²) in [6.45, 7) is 6.00. The van der Waals surface area contributed by atoms with Gasteiger partial charge in [0, 0.05) is 12.2 Å². The standard InChI is InChI=1S/C15H23N3O/c1-10(2)14(16)15(19)18(12-7-8-12)11(3)13-6-4-5-9-17-13/h4-6,9-12,14H,7-8,16H2,1-3H3/t11?,14-/m0/s1. The van der Waals surface area contributed by atoms with Crippen LogP contribution < -0.4 is 5.73 Å². The van der Waals surface area contributed by atoms with Gasteiger partial charge in [-0.3, -0.25) is 9.78 Å². The summed E-state index contributed by atoms with van der Waals surface area (Å²) in [7, 11) is 0. The van der Waals surface area contributed by atoms with Crippen molar-refractivity contribution in [2.75, 3.05) is 0 Å². The molecule has 0 aromatic carbocycles. The van der Waals surface area contributed by atoms with Crippen LogP contribution in [0.25, 0.3) is 0 Å². The van der Waals surface area contributed by atoms with Crippen molar-refractivity contribution >= 4 is 5.91 Å². The van der Waals surface area contributed by atoms with Crippen LogP contribution in [0.2, 0.25) is 0 Å². The van der Waals surface area contributed by atoms with Crippen molar-refractivity contribution in [1.29, 1.82) is 0 Å². The summed E-state index contributed by atoms with van der Waals surface area (Å²) in [5, 5.41) is 0. The molecule has 1 saturated carbocycles. The maximum Gasteiger partial charge on any atom is 0.240 e. The zero-order valence-electron chi connectivity index (χ0n) is 11.9. The quantitative estimate of drug-likeness (QED) is 0.883. The summed E-state index contributed by atoms with van der Waals surface area (Å²) in [6, 6.07) is 5.72. The predicted molar refractivity (Wildman–Crippen MR) is 75.3 cm³/mol. The molecule has 19 heavy (non-hydrogen) atoms. The summed E-state index contributed by atoms with van der Waals surface area (Å²) in [6.07, 6.45) is 3.92. The first-order valence-electron chi connectivity index (χ1n) is 7.01. The van der Waals surface area contributed by atoms with E-state index in [9.17, 15) is 4.79 Å². The van der Waals surface area contributed by atoms with Crippen LogP contribution in [0.1, 0.15) is 45.3 Å². The molecule has 1 aromatic rings. The van der Waals surface area contributed by atoms with Crippen molar-refractivity contribution < 1.29 is 4.79 Å². The molecule has 1 aliphatic carbocycles. The SMILES string of the molecule is CC(C)[C@H](N)C(=O)N(C1CC1)C(C)c1ccccn1. The molecule has 2 atom stereocenters. The van der Waals surface area contributed by atoms with Gasteiger partial charge in [-0.15, -0.1) is 0 Å². The van der Waals surface area contributed by atoms with E-state index in [0.29, 0.717) is 6.04 Å². The Morgan fingerprint density at radius 2 is 2.05 bits per heavy atom. The van der Waals surface area contributed by atoms with Crippen molar-refractivity contribution in [2.24, 2.45) is 11.7 Å². The number of amides is 1. The van der Waals surface area contributed by atoms with Gasteiger partial charge in [0.2, 0.25) is 5.91 Å². The number of hydrogen-bond donors (Lipinski definition) is 1. The summed E-state index contributed by atoms with van der Waals surface area (Å²) >= 11 is 0. The van der Waals surface area contributed by atoms with Crippen LogP contribution in [-0.2, 0) is 4.79 Å². The van der Waals surface area contributed by atoms with Crippen LogP contribution in [-0.4, -0.2) is 27.9 Å². The van der Waals surface area contributed by atoms with Crippen molar-refractivity contribution in [3.63, 3.8) is 0 Å². The number of nitrogens with zero attached hydrogens (tertiary/aromatic N) is 2. The van der Waals surface area contributed by atoms with E-state index in [4.69, 9.17) is 5.73 Å². The van der Waals surface area contributed by atoms with E-state index in [1.807, 2.05) is 43.9 Å². The molecule has 4 nitrogen and oxygen atoms in total. The molecule has 0 spiro atoms. The molecule has 1 aliphatic rings. The minimum atomic E-state index is -0.424. The molecule has 0 saturated heterocycles. The molecule has 0 radical (unpaired) electrons. The fourth-order valence-corrected chi connectivity index (χ4v) is 2.26. The average molecular weight is 261 g/mol. The summed E-state index contributed by atoms with van der Waals surface area (Å²) in [5.74, 6) is 0.209. The van der Waals surface area contributed by atoms with E-state index in [1.54, 1.807) is 6.20 Å². The highest BCUT2D eigenvalue weighted by Gasteiger charge is 2.39. The van der Waals surface area contributed by atoms with Crippen LogP contribution in [0, 0.1) is 5.92 Å². The van der Waals surface area contributed by atoms with Crippen LogP contribution in [0.4, 0.5) is 0 Å². The van der Waals surface area contributed by atoms with Gasteiger partial charge in [-0.05, 0) is 37.8 Å². The normalized spacial score (nSPS) is 18.2. The topological polar surface area (TPSA) is 59.2 Å². The molecule has 4 heteroatoms. The Hall–Kier alpha value is -1.42. The average Bonchev–Trinajstić information content (AvgIpc) is 3.23. The van der Waals surface area contributed by atoms with Gasteiger partial charge >= 0.3 is 0 Å². The van der Waals surface area contributed by atoms with Crippen molar-refractivity contribution in [2.45, 2.75) is 51.7 Å². The van der Waals surface area contributed by atoms with Gasteiger partial charge in [0.25, 0.3) is 0 Å². The van der Waals surface area contributed by atoms with Crippen molar-refractivity contribution in [1.82, 2.24) is 9.88 Å². The third-order valence-electron chi connectivity index (χ3n) is 3.73. The third-order valence-corrected chi connectivity index (χ3v) is 3.73. The van der Waals surface area contributed by atoms with E-state index in [-0.39, 0.29) is 17.9 Å². The fraction of sp³-hybridized carbons (Fsp3) is 0.600. The van der Waals surface area contributed by atoms with Crippen LogP contribution in [0.5, 0.6) is 0 Å². The van der Waals surface area contributed by atoms with Gasteiger partial charge in [-0.2, -0.15) is 0 Å². The Balaban J connectivity index is 2.19. The maximum atomic E-state index is 12.6. The Morgan fingerprint density at radius 3 is 2.53 bits per heavy atom. The van der Waals surface area contributed by atoms with E-state index in [0.717, 1.165) is 18.5 Å². The van der Waals surface area contributed by atoms with Gasteiger partial charge in [-0.25, -0.2) is 0 Å². The molecule has 1 fully saturated rings. The maximum absolute atomic E-state index is 12.6. The first kappa shape index (κ1) is 14.0. The first-order chi connectivity index (χ1) is 9.02. The molecule has 1 heterocycles. The number of pyridine rings is 1. The zero-order chi connectivity index (χ0) is 14.0. The monoisotopic (exact) mass is 261 g/mol. The van der Waals surface area contributed by atoms with Gasteiger partial charge in [0.05, 0.1) is 17.8 Å². The molecule has 2 N–H and O–H groups in total. The first-order valence-corrected chi connectivity index (χ1v) is 7.01. The summed E-state index contributed by atoms with van der Waals surface area (Å²) < 4.78 is 0. The number of carbonyl (C=O) groups excluding carboxylic acids is 1. The second kappa shape index (κ2) is 5.70. The van der Waals surface area contributed by atoms with Crippen LogP contribution in [0.3, 0.4) is 0 Å². The summed E-state index contributed by atoms with van der Waals surface area (Å²) in [4.78, 5) is 18.9. The third kappa shape index (κ3) is 3.13. The van der Waals surface area contributed by atoms with Crippen molar-refractivity contribution in [3.8, 4) is 0 Å². The highest BCUT2D eigenvalue weighted by atomic mass is 16.2. The molecule has 0 bridgehead atoms. The lowest BCUT2D eigenvalue weighted by Gasteiger charge is -2.32.